The van der Waals surface area contributed by atoms with Gasteiger partial charge in [-0.2, -0.15) is 4.57 Å². The lowest BCUT2D eigenvalue weighted by atomic mass is 10.0. The van der Waals surface area contributed by atoms with E-state index in [1.165, 1.54) is 0 Å². The number of aromatic nitrogens is 1. The monoisotopic (exact) mass is 349 g/mol. The van der Waals surface area contributed by atoms with Gasteiger partial charge in [-0.15, -0.1) is 0 Å². The van der Waals surface area contributed by atoms with Crippen molar-refractivity contribution >= 4 is 34.7 Å². The molecular weight excluding hydrogens is 328 g/mol. The Morgan fingerprint density at radius 2 is 1.69 bits per heavy atom. The number of aryl methyl sites for hydroxylation is 1. The predicted octanol–water partition coefficient (Wildman–Crippen LogP) is 3.30. The number of rotatable bonds is 4. The number of pyridine rings is 1. The third-order valence-electron chi connectivity index (χ3n) is 4.43. The van der Waals surface area contributed by atoms with Crippen LogP contribution in [0.1, 0.15) is 21.6 Å². The number of hydrogen-bond donors (Lipinski definition) is 2. The van der Waals surface area contributed by atoms with Gasteiger partial charge in [0.05, 0.1) is 5.39 Å². The molecule has 0 aliphatic rings. The van der Waals surface area contributed by atoms with E-state index in [1.54, 1.807) is 22.8 Å². The number of aromatic hydroxyl groups is 1. The molecule has 0 saturated heterocycles. The summed E-state index contributed by atoms with van der Waals surface area (Å²) in [6.07, 6.45) is 3.59. The van der Waals surface area contributed by atoms with Crippen LogP contribution in [0.15, 0.2) is 48.5 Å². The molecule has 0 amide bonds. The van der Waals surface area contributed by atoms with Crippen LogP contribution in [0.3, 0.4) is 0 Å². The largest absolute Gasteiger partial charge is 0.502 e. The summed E-state index contributed by atoms with van der Waals surface area (Å²) in [5.74, 6) is -1.39. The van der Waals surface area contributed by atoms with E-state index in [0.717, 1.165) is 16.8 Å². The van der Waals surface area contributed by atoms with E-state index >= 15 is 0 Å². The average molecular weight is 349 g/mol. The zero-order chi connectivity index (χ0) is 18.8. The zero-order valence-corrected chi connectivity index (χ0v) is 15.0. The molecular formula is C21H21N2O3+. The van der Waals surface area contributed by atoms with Gasteiger partial charge in [0.2, 0.25) is 17.0 Å². The van der Waals surface area contributed by atoms with Gasteiger partial charge in [0, 0.05) is 31.9 Å². The number of hydrogen-bond acceptors (Lipinski definition) is 3. The van der Waals surface area contributed by atoms with Crippen LogP contribution in [0.4, 0.5) is 5.69 Å². The van der Waals surface area contributed by atoms with Gasteiger partial charge in [0.15, 0.2) is 0 Å². The van der Waals surface area contributed by atoms with Gasteiger partial charge in [-0.1, -0.05) is 24.3 Å². The summed E-state index contributed by atoms with van der Waals surface area (Å²) in [6, 6.07) is 15.1. The molecule has 3 rings (SSSR count). The van der Waals surface area contributed by atoms with Gasteiger partial charge >= 0.3 is 5.97 Å². The molecule has 5 heteroatoms. The molecule has 0 bridgehead atoms. The van der Waals surface area contributed by atoms with Crippen molar-refractivity contribution in [1.29, 1.82) is 0 Å². The number of aromatic carboxylic acids is 1. The fourth-order valence-corrected chi connectivity index (χ4v) is 2.99. The Kier molecular flexibility index (Phi) is 4.63. The van der Waals surface area contributed by atoms with Gasteiger partial charge < -0.3 is 15.1 Å². The lowest BCUT2D eigenvalue weighted by Gasteiger charge is -2.11. The molecule has 0 aliphatic carbocycles. The van der Waals surface area contributed by atoms with Crippen molar-refractivity contribution in [3.63, 3.8) is 0 Å². The quantitative estimate of drug-likeness (QED) is 0.710. The van der Waals surface area contributed by atoms with Crippen LogP contribution in [-0.2, 0) is 7.05 Å². The molecule has 5 nitrogen and oxygen atoms in total. The predicted molar refractivity (Wildman–Crippen MR) is 103 cm³/mol. The summed E-state index contributed by atoms with van der Waals surface area (Å²) >= 11 is 0. The molecule has 3 aromatic rings. The second-order valence-corrected chi connectivity index (χ2v) is 6.31. The van der Waals surface area contributed by atoms with Gasteiger partial charge in [-0.05, 0) is 29.8 Å². The normalized spacial score (nSPS) is 11.2. The number of nitrogens with zero attached hydrogens (tertiary/aromatic N) is 2. The first kappa shape index (κ1) is 17.5. The standard InChI is InChI=1S/C21H20N2O3/c1-22(2)15-11-8-14(9-12-15)10-13-18-20(24)19(21(25)26)16-6-4-5-7-17(16)23(18)3/h4-13H,1-3H3,(H-,24,25,26)/p+1. The molecule has 0 radical (unpaired) electrons. The third kappa shape index (κ3) is 3.11. The van der Waals surface area contributed by atoms with Crippen LogP contribution < -0.4 is 9.47 Å². The molecule has 0 atom stereocenters. The van der Waals surface area contributed by atoms with Crippen LogP contribution >= 0.6 is 0 Å². The molecule has 0 unspecified atom stereocenters. The number of fused-ring (bicyclic) bond motifs is 1. The molecule has 2 N–H and O–H groups in total. The highest BCUT2D eigenvalue weighted by atomic mass is 16.4. The van der Waals surface area contributed by atoms with E-state index in [-0.39, 0.29) is 11.3 Å². The van der Waals surface area contributed by atoms with Crippen molar-refractivity contribution in [1.82, 2.24) is 0 Å². The van der Waals surface area contributed by atoms with E-state index < -0.39 is 5.97 Å². The van der Waals surface area contributed by atoms with Crippen LogP contribution in [0, 0.1) is 0 Å². The first-order valence-corrected chi connectivity index (χ1v) is 8.22. The Morgan fingerprint density at radius 1 is 1.04 bits per heavy atom. The molecule has 2 aromatic carbocycles. The van der Waals surface area contributed by atoms with E-state index in [2.05, 4.69) is 0 Å². The molecule has 0 fully saturated rings. The maximum atomic E-state index is 11.7. The third-order valence-corrected chi connectivity index (χ3v) is 4.43. The smallest absolute Gasteiger partial charge is 0.340 e. The molecule has 1 heterocycles. The topological polar surface area (TPSA) is 64.6 Å². The van der Waals surface area contributed by atoms with Crippen molar-refractivity contribution in [2.24, 2.45) is 7.05 Å². The van der Waals surface area contributed by atoms with Crippen LogP contribution in [-0.4, -0.2) is 30.3 Å². The fraction of sp³-hybridized carbons (Fsp3) is 0.143. The maximum absolute atomic E-state index is 11.7. The van der Waals surface area contributed by atoms with Gasteiger partial charge in [0.1, 0.15) is 12.6 Å². The van der Waals surface area contributed by atoms with Crippen molar-refractivity contribution < 1.29 is 19.6 Å². The second-order valence-electron chi connectivity index (χ2n) is 6.31. The van der Waals surface area contributed by atoms with E-state index in [0.29, 0.717) is 11.1 Å². The first-order valence-electron chi connectivity index (χ1n) is 8.22. The van der Waals surface area contributed by atoms with Crippen molar-refractivity contribution in [3.05, 3.63) is 65.4 Å². The highest BCUT2D eigenvalue weighted by molar-refractivity contribution is 6.05. The Balaban J connectivity index is 2.11. The number of para-hydroxylation sites is 1. The van der Waals surface area contributed by atoms with E-state index in [4.69, 9.17) is 0 Å². The van der Waals surface area contributed by atoms with Crippen LogP contribution in [0.25, 0.3) is 23.1 Å². The molecule has 0 saturated carbocycles. The summed E-state index contributed by atoms with van der Waals surface area (Å²) in [6.45, 7) is 0. The average Bonchev–Trinajstić information content (AvgIpc) is 2.61. The molecule has 132 valence electrons. The number of benzene rings is 2. The van der Waals surface area contributed by atoms with Crippen LogP contribution in [0.5, 0.6) is 5.75 Å². The number of carboxylic acids is 1. The van der Waals surface area contributed by atoms with Crippen LogP contribution in [0.2, 0.25) is 0 Å². The Labute approximate surface area is 152 Å². The molecule has 0 aliphatic heterocycles. The van der Waals surface area contributed by atoms with E-state index in [9.17, 15) is 15.0 Å². The maximum Gasteiger partial charge on any atom is 0.340 e. The SMILES string of the molecule is CN(C)c1ccc(/C=C/c2c(O)c(C(=O)O)c3ccccc3[n+]2C)cc1. The zero-order valence-electron chi connectivity index (χ0n) is 15.0. The van der Waals surface area contributed by atoms with Crippen molar-refractivity contribution in [2.75, 3.05) is 19.0 Å². The minimum absolute atomic E-state index is 0.0821. The lowest BCUT2D eigenvalue weighted by molar-refractivity contribution is -0.647. The van der Waals surface area contributed by atoms with Gasteiger partial charge in [0.25, 0.3) is 0 Å². The van der Waals surface area contributed by atoms with Crippen molar-refractivity contribution in [3.8, 4) is 5.75 Å². The van der Waals surface area contributed by atoms with Gasteiger partial charge in [-0.25, -0.2) is 4.79 Å². The highest BCUT2D eigenvalue weighted by Crippen LogP contribution is 2.29. The molecule has 0 spiro atoms. The minimum atomic E-state index is -1.15. The summed E-state index contributed by atoms with van der Waals surface area (Å²) in [5.41, 5.74) is 3.15. The first-order chi connectivity index (χ1) is 12.4. The van der Waals surface area contributed by atoms with E-state index in [1.807, 2.05) is 68.5 Å². The van der Waals surface area contributed by atoms with Crippen molar-refractivity contribution in [2.45, 2.75) is 0 Å². The highest BCUT2D eigenvalue weighted by Gasteiger charge is 2.25. The summed E-state index contributed by atoms with van der Waals surface area (Å²) in [5, 5.41) is 20.6. The molecule has 26 heavy (non-hydrogen) atoms. The summed E-state index contributed by atoms with van der Waals surface area (Å²) < 4.78 is 1.79. The molecule has 1 aromatic heterocycles. The second kappa shape index (κ2) is 6.88. The number of carboxylic acid groups (broad SMARTS) is 1. The lowest BCUT2D eigenvalue weighted by Crippen LogP contribution is -2.33. The number of anilines is 1. The summed E-state index contributed by atoms with van der Waals surface area (Å²) in [4.78, 5) is 13.7. The minimum Gasteiger partial charge on any atom is -0.502 e. The Bertz CT molecular complexity index is 1010. The van der Waals surface area contributed by atoms with Gasteiger partial charge in [-0.3, -0.25) is 0 Å². The fourth-order valence-electron chi connectivity index (χ4n) is 2.99. The number of carbonyl (C=O) groups is 1. The Hall–Kier alpha value is -3.34. The summed E-state index contributed by atoms with van der Waals surface area (Å²) in [7, 11) is 5.76. The Morgan fingerprint density at radius 3 is 2.31 bits per heavy atom.